The van der Waals surface area contributed by atoms with E-state index in [1.165, 1.54) is 41.9 Å². The highest BCUT2D eigenvalue weighted by molar-refractivity contribution is 7.89. The second-order valence-electron chi connectivity index (χ2n) is 8.83. The third kappa shape index (κ3) is 5.97. The Kier molecular flexibility index (Phi) is 7.89. The van der Waals surface area contributed by atoms with Crippen LogP contribution in [0.5, 0.6) is 5.75 Å². The van der Waals surface area contributed by atoms with Gasteiger partial charge in [-0.1, -0.05) is 54.6 Å². The number of aliphatic hydroxyl groups is 1. The molecule has 0 unspecified atom stereocenters. The van der Waals surface area contributed by atoms with E-state index >= 15 is 0 Å². The first-order valence-electron chi connectivity index (χ1n) is 11.5. The molecular formula is C26H27N3O7S. The molecule has 0 saturated carbocycles. The van der Waals surface area contributed by atoms with Crippen molar-refractivity contribution in [1.29, 1.82) is 0 Å². The molecule has 0 heterocycles. The van der Waals surface area contributed by atoms with Crippen molar-refractivity contribution in [2.75, 3.05) is 0 Å². The fraction of sp³-hybridized carbons (Fsp3) is 0.231. The number of carbonyl (C=O) groups excluding carboxylic acids is 2. The van der Waals surface area contributed by atoms with Crippen LogP contribution < -0.4 is 15.5 Å². The minimum Gasteiger partial charge on any atom is -0.508 e. The molecule has 10 nitrogen and oxygen atoms in total. The zero-order chi connectivity index (χ0) is 26.6. The third-order valence-corrected chi connectivity index (χ3v) is 7.79. The first-order chi connectivity index (χ1) is 17.7. The average Bonchev–Trinajstić information content (AvgIpc) is 3.20. The molecule has 1 aliphatic rings. The zero-order valence-corrected chi connectivity index (χ0v) is 20.4. The van der Waals surface area contributed by atoms with Gasteiger partial charge in [0.2, 0.25) is 15.9 Å². The van der Waals surface area contributed by atoms with Crippen LogP contribution in [0.1, 0.15) is 22.7 Å². The van der Waals surface area contributed by atoms with Gasteiger partial charge in [0, 0.05) is 6.42 Å². The van der Waals surface area contributed by atoms with E-state index in [4.69, 9.17) is 0 Å². The Bertz CT molecular complexity index is 1380. The Labute approximate surface area is 214 Å². The number of hydrogen-bond acceptors (Lipinski definition) is 7. The highest BCUT2D eigenvalue weighted by Crippen LogP contribution is 2.32. The summed E-state index contributed by atoms with van der Waals surface area (Å²) in [6.07, 6.45) is -0.770. The van der Waals surface area contributed by atoms with E-state index < -0.39 is 45.9 Å². The number of rotatable bonds is 9. The highest BCUT2D eigenvalue weighted by atomic mass is 32.2. The van der Waals surface area contributed by atoms with Crippen molar-refractivity contribution in [2.45, 2.75) is 35.9 Å². The SMILES string of the molecule is O=C(NO)[C@@H](NS(=O)(=O)c1ccccc1)[C@@H](Cc1cccc(O)c1)C(=O)N[C@H]1c2ccccc2C[C@H]1O. The lowest BCUT2D eigenvalue weighted by Crippen LogP contribution is -2.55. The molecule has 0 saturated heterocycles. The number of phenolic OH excluding ortho intramolecular Hbond substituents is 1. The van der Waals surface area contributed by atoms with E-state index in [2.05, 4.69) is 10.0 Å². The number of benzene rings is 3. The number of sulfonamides is 1. The van der Waals surface area contributed by atoms with Crippen molar-refractivity contribution in [3.63, 3.8) is 0 Å². The fourth-order valence-corrected chi connectivity index (χ4v) is 5.79. The monoisotopic (exact) mass is 525 g/mol. The number of aromatic hydroxyl groups is 1. The Morgan fingerprint density at radius 2 is 1.65 bits per heavy atom. The van der Waals surface area contributed by atoms with Gasteiger partial charge in [0.25, 0.3) is 5.91 Å². The number of hydrogen-bond donors (Lipinski definition) is 6. The predicted octanol–water partition coefficient (Wildman–Crippen LogP) is 1.18. The van der Waals surface area contributed by atoms with Gasteiger partial charge in [0.1, 0.15) is 11.8 Å². The van der Waals surface area contributed by atoms with E-state index in [0.29, 0.717) is 17.5 Å². The molecule has 0 radical (unpaired) electrons. The minimum absolute atomic E-state index is 0.0789. The molecule has 4 atom stereocenters. The van der Waals surface area contributed by atoms with E-state index in [0.717, 1.165) is 5.56 Å². The van der Waals surface area contributed by atoms with E-state index in [-0.39, 0.29) is 17.1 Å². The number of amides is 2. The summed E-state index contributed by atoms with van der Waals surface area (Å²) in [6.45, 7) is 0. The molecule has 2 amide bonds. The van der Waals surface area contributed by atoms with Crippen molar-refractivity contribution in [2.24, 2.45) is 5.92 Å². The molecule has 0 fully saturated rings. The molecule has 0 spiro atoms. The highest BCUT2D eigenvalue weighted by Gasteiger charge is 2.40. The van der Waals surface area contributed by atoms with Crippen molar-refractivity contribution in [3.05, 3.63) is 95.6 Å². The maximum absolute atomic E-state index is 13.6. The maximum atomic E-state index is 13.6. The van der Waals surface area contributed by atoms with Crippen molar-refractivity contribution < 1.29 is 33.4 Å². The minimum atomic E-state index is -4.28. The van der Waals surface area contributed by atoms with Gasteiger partial charge in [-0.25, -0.2) is 13.9 Å². The van der Waals surface area contributed by atoms with Gasteiger partial charge in [-0.3, -0.25) is 14.8 Å². The number of carbonyl (C=O) groups is 2. The number of hydroxylamine groups is 1. The van der Waals surface area contributed by atoms with Gasteiger partial charge in [-0.2, -0.15) is 4.72 Å². The van der Waals surface area contributed by atoms with E-state index in [1.54, 1.807) is 30.3 Å². The van der Waals surface area contributed by atoms with Crippen LogP contribution in [0.3, 0.4) is 0 Å². The lowest BCUT2D eigenvalue weighted by Gasteiger charge is -2.28. The van der Waals surface area contributed by atoms with Crippen LogP contribution >= 0.6 is 0 Å². The predicted molar refractivity (Wildman–Crippen MR) is 133 cm³/mol. The summed E-state index contributed by atoms with van der Waals surface area (Å²) in [4.78, 5) is 26.3. The van der Waals surface area contributed by atoms with Crippen LogP contribution in [0.4, 0.5) is 0 Å². The second kappa shape index (κ2) is 11.1. The van der Waals surface area contributed by atoms with Crippen LogP contribution in [0.15, 0.2) is 83.8 Å². The second-order valence-corrected chi connectivity index (χ2v) is 10.5. The lowest BCUT2D eigenvalue weighted by atomic mass is 9.90. The molecule has 3 aromatic rings. The first kappa shape index (κ1) is 26.3. The van der Waals surface area contributed by atoms with Crippen molar-refractivity contribution in [1.82, 2.24) is 15.5 Å². The van der Waals surface area contributed by atoms with Crippen LogP contribution in [0.2, 0.25) is 0 Å². The maximum Gasteiger partial charge on any atom is 0.262 e. The van der Waals surface area contributed by atoms with Gasteiger partial charge in [0.05, 0.1) is 23.0 Å². The van der Waals surface area contributed by atoms with Gasteiger partial charge < -0.3 is 15.5 Å². The van der Waals surface area contributed by atoms with Crippen LogP contribution in [-0.4, -0.2) is 47.8 Å². The summed E-state index contributed by atoms with van der Waals surface area (Å²) >= 11 is 0. The van der Waals surface area contributed by atoms with Crippen LogP contribution in [-0.2, 0) is 32.5 Å². The molecular weight excluding hydrogens is 498 g/mol. The molecule has 194 valence electrons. The number of aliphatic hydroxyl groups excluding tert-OH is 1. The Balaban J connectivity index is 1.70. The average molecular weight is 526 g/mol. The summed E-state index contributed by atoms with van der Waals surface area (Å²) in [6, 6.07) is 18.0. The fourth-order valence-electron chi connectivity index (χ4n) is 4.53. The molecule has 6 N–H and O–H groups in total. The largest absolute Gasteiger partial charge is 0.508 e. The summed E-state index contributed by atoms with van der Waals surface area (Å²) in [5.74, 6) is -3.32. The topological polar surface area (TPSA) is 165 Å². The summed E-state index contributed by atoms with van der Waals surface area (Å²) < 4.78 is 28.4. The molecule has 0 aromatic heterocycles. The Morgan fingerprint density at radius 3 is 2.35 bits per heavy atom. The number of fused-ring (bicyclic) bond motifs is 1. The first-order valence-corrected chi connectivity index (χ1v) is 13.0. The molecule has 4 rings (SSSR count). The van der Waals surface area contributed by atoms with E-state index in [9.17, 15) is 33.4 Å². The molecule has 37 heavy (non-hydrogen) atoms. The van der Waals surface area contributed by atoms with E-state index in [1.807, 2.05) is 12.1 Å². The summed E-state index contributed by atoms with van der Waals surface area (Å²) in [5.41, 5.74) is 3.47. The van der Waals surface area contributed by atoms with Crippen LogP contribution in [0.25, 0.3) is 0 Å². The Morgan fingerprint density at radius 1 is 0.946 bits per heavy atom. The smallest absolute Gasteiger partial charge is 0.262 e. The van der Waals surface area contributed by atoms with Gasteiger partial charge in [-0.05, 0) is 47.4 Å². The lowest BCUT2D eigenvalue weighted by molar-refractivity contribution is -0.137. The standard InChI is InChI=1S/C26H27N3O7S/c30-18-9-6-7-16(13-18)14-21(25(32)27-23-20-12-5-4-8-17(20)15-22(23)31)24(26(33)28-34)29-37(35,36)19-10-2-1-3-11-19/h1-13,21-24,29-31,34H,14-15H2,(H,27,32)(H,28,33)/t21-,22-,23+,24+/m1/s1. The number of phenols is 1. The van der Waals surface area contributed by atoms with Gasteiger partial charge >= 0.3 is 0 Å². The normalized spacial score (nSPS) is 18.4. The molecule has 11 heteroatoms. The summed E-state index contributed by atoms with van der Waals surface area (Å²) in [7, 11) is -4.28. The summed E-state index contributed by atoms with van der Waals surface area (Å²) in [5, 5.41) is 32.7. The van der Waals surface area contributed by atoms with Gasteiger partial charge in [0.15, 0.2) is 0 Å². The van der Waals surface area contributed by atoms with Gasteiger partial charge in [-0.15, -0.1) is 0 Å². The number of nitrogens with one attached hydrogen (secondary N) is 3. The molecule has 0 bridgehead atoms. The zero-order valence-electron chi connectivity index (χ0n) is 19.6. The van der Waals surface area contributed by atoms with Crippen LogP contribution in [0, 0.1) is 5.92 Å². The quantitative estimate of drug-likeness (QED) is 0.180. The third-order valence-electron chi connectivity index (χ3n) is 6.34. The molecule has 1 aliphatic carbocycles. The Hall–Kier alpha value is -3.77. The molecule has 3 aromatic carbocycles. The molecule has 0 aliphatic heterocycles. The van der Waals surface area contributed by atoms with Crippen molar-refractivity contribution in [3.8, 4) is 5.75 Å². The van der Waals surface area contributed by atoms with Crippen molar-refractivity contribution >= 4 is 21.8 Å².